The number of nitrogens with zero attached hydrogens (tertiary/aromatic N) is 2. The van der Waals surface area contributed by atoms with Crippen molar-refractivity contribution in [2.24, 2.45) is 0 Å². The van der Waals surface area contributed by atoms with E-state index >= 15 is 0 Å². The highest BCUT2D eigenvalue weighted by Gasteiger charge is 1.98. The third-order valence-electron chi connectivity index (χ3n) is 1.92. The maximum Gasteiger partial charge on any atom is 0.222 e. The molecule has 0 radical (unpaired) electrons. The van der Waals surface area contributed by atoms with Crippen LogP contribution in [0.1, 0.15) is 6.42 Å². The number of hydrogen-bond acceptors (Lipinski definition) is 6. The summed E-state index contributed by atoms with van der Waals surface area (Å²) in [6, 6.07) is 1.77. The molecule has 0 aromatic carbocycles. The van der Waals surface area contributed by atoms with Gasteiger partial charge in [0.15, 0.2) is 0 Å². The Morgan fingerprint density at radius 2 is 1.94 bits per heavy atom. The van der Waals surface area contributed by atoms with Gasteiger partial charge in [-0.3, -0.25) is 0 Å². The maximum absolute atomic E-state index is 10.8. The molecular weight excluding hydrogens is 272 g/mol. The number of thioether (sulfide) groups is 1. The molecule has 0 spiro atoms. The van der Waals surface area contributed by atoms with Crippen LogP contribution in [0.5, 0.6) is 0 Å². The largest absolute Gasteiger partial charge is 0.354 e. The SMILES string of the molecule is CS(=O)(=O)NCCSCCCNc1ncccn1. The highest BCUT2D eigenvalue weighted by atomic mass is 32.2. The number of sulfonamides is 1. The minimum absolute atomic E-state index is 0.485. The number of hydrogen-bond donors (Lipinski definition) is 2. The highest BCUT2D eigenvalue weighted by molar-refractivity contribution is 7.99. The summed E-state index contributed by atoms with van der Waals surface area (Å²) in [5, 5.41) is 3.11. The summed E-state index contributed by atoms with van der Waals surface area (Å²) < 4.78 is 24.0. The van der Waals surface area contributed by atoms with Gasteiger partial charge in [-0.15, -0.1) is 0 Å². The second kappa shape index (κ2) is 8.28. The molecule has 0 aliphatic heterocycles. The molecule has 8 heteroatoms. The minimum Gasteiger partial charge on any atom is -0.354 e. The molecule has 1 aromatic rings. The van der Waals surface area contributed by atoms with E-state index in [9.17, 15) is 8.42 Å². The van der Waals surface area contributed by atoms with Gasteiger partial charge in [-0.25, -0.2) is 23.1 Å². The van der Waals surface area contributed by atoms with Crippen molar-refractivity contribution in [2.45, 2.75) is 6.42 Å². The summed E-state index contributed by atoms with van der Waals surface area (Å²) in [6.07, 6.45) is 5.55. The molecular formula is C10H18N4O2S2. The van der Waals surface area contributed by atoms with Gasteiger partial charge in [0.1, 0.15) is 0 Å². The van der Waals surface area contributed by atoms with E-state index < -0.39 is 10.0 Å². The first-order valence-electron chi connectivity index (χ1n) is 5.61. The van der Waals surface area contributed by atoms with Gasteiger partial charge >= 0.3 is 0 Å². The molecule has 0 amide bonds. The van der Waals surface area contributed by atoms with E-state index in [-0.39, 0.29) is 0 Å². The number of nitrogens with one attached hydrogen (secondary N) is 2. The zero-order chi connectivity index (χ0) is 13.3. The lowest BCUT2D eigenvalue weighted by Gasteiger charge is -2.04. The predicted molar refractivity (Wildman–Crippen MR) is 75.3 cm³/mol. The summed E-state index contributed by atoms with van der Waals surface area (Å²) in [6.45, 7) is 1.30. The third-order valence-corrected chi connectivity index (χ3v) is 3.72. The molecule has 1 rings (SSSR count). The van der Waals surface area contributed by atoms with Crippen LogP contribution in [-0.2, 0) is 10.0 Å². The molecule has 0 saturated carbocycles. The molecule has 102 valence electrons. The Morgan fingerprint density at radius 3 is 2.61 bits per heavy atom. The number of anilines is 1. The van der Waals surface area contributed by atoms with Gasteiger partial charge in [-0.05, 0) is 18.2 Å². The number of rotatable bonds is 9. The van der Waals surface area contributed by atoms with Crippen LogP contribution < -0.4 is 10.0 Å². The lowest BCUT2D eigenvalue weighted by atomic mass is 10.5. The fourth-order valence-electron chi connectivity index (χ4n) is 1.17. The van der Waals surface area contributed by atoms with Crippen LogP contribution in [0.25, 0.3) is 0 Å². The van der Waals surface area contributed by atoms with Gasteiger partial charge in [0, 0.05) is 31.2 Å². The van der Waals surface area contributed by atoms with E-state index in [1.807, 2.05) is 0 Å². The van der Waals surface area contributed by atoms with Crippen molar-refractivity contribution < 1.29 is 8.42 Å². The van der Waals surface area contributed by atoms with Gasteiger partial charge < -0.3 is 5.32 Å². The molecule has 0 unspecified atom stereocenters. The van der Waals surface area contributed by atoms with Crippen LogP contribution in [0, 0.1) is 0 Å². The lowest BCUT2D eigenvalue weighted by Crippen LogP contribution is -2.24. The topological polar surface area (TPSA) is 84.0 Å². The molecule has 0 bridgehead atoms. The molecule has 1 aromatic heterocycles. The molecule has 0 saturated heterocycles. The van der Waals surface area contributed by atoms with Crippen LogP contribution in [0.3, 0.4) is 0 Å². The van der Waals surface area contributed by atoms with Crippen LogP contribution in [0.4, 0.5) is 5.95 Å². The van der Waals surface area contributed by atoms with Crippen molar-refractivity contribution in [2.75, 3.05) is 36.2 Å². The Kier molecular flexibility index (Phi) is 6.99. The first-order valence-corrected chi connectivity index (χ1v) is 8.66. The minimum atomic E-state index is -3.05. The van der Waals surface area contributed by atoms with E-state index in [0.29, 0.717) is 12.5 Å². The lowest BCUT2D eigenvalue weighted by molar-refractivity contribution is 0.590. The fraction of sp³-hybridized carbons (Fsp3) is 0.600. The van der Waals surface area contributed by atoms with E-state index in [0.717, 1.165) is 24.5 Å². The van der Waals surface area contributed by atoms with Crippen molar-refractivity contribution in [3.8, 4) is 0 Å². The van der Waals surface area contributed by atoms with E-state index in [1.165, 1.54) is 6.26 Å². The van der Waals surface area contributed by atoms with E-state index in [1.54, 1.807) is 30.2 Å². The Hall–Kier alpha value is -0.860. The van der Waals surface area contributed by atoms with Crippen LogP contribution in [0.15, 0.2) is 18.5 Å². The number of aromatic nitrogens is 2. The maximum atomic E-state index is 10.8. The van der Waals surface area contributed by atoms with Crippen molar-refractivity contribution in [1.29, 1.82) is 0 Å². The zero-order valence-corrected chi connectivity index (χ0v) is 11.9. The molecule has 0 atom stereocenters. The molecule has 0 fully saturated rings. The smallest absolute Gasteiger partial charge is 0.222 e. The van der Waals surface area contributed by atoms with Gasteiger partial charge in [0.2, 0.25) is 16.0 Å². The monoisotopic (exact) mass is 290 g/mol. The van der Waals surface area contributed by atoms with Crippen LogP contribution >= 0.6 is 11.8 Å². The van der Waals surface area contributed by atoms with Crippen molar-refractivity contribution in [1.82, 2.24) is 14.7 Å². The van der Waals surface area contributed by atoms with Gasteiger partial charge in [-0.2, -0.15) is 11.8 Å². The summed E-state index contributed by atoms with van der Waals surface area (Å²) in [4.78, 5) is 8.09. The molecule has 1 heterocycles. The second-order valence-corrected chi connectivity index (χ2v) is 6.69. The third kappa shape index (κ3) is 8.26. The van der Waals surface area contributed by atoms with Crippen LogP contribution in [0.2, 0.25) is 0 Å². The van der Waals surface area contributed by atoms with Crippen molar-refractivity contribution >= 4 is 27.7 Å². The summed E-state index contributed by atoms with van der Waals surface area (Å²) in [7, 11) is -3.05. The van der Waals surface area contributed by atoms with Crippen LogP contribution in [-0.4, -0.2) is 49.2 Å². The summed E-state index contributed by atoms with van der Waals surface area (Å²) in [5.41, 5.74) is 0. The van der Waals surface area contributed by atoms with E-state index in [2.05, 4.69) is 20.0 Å². The molecule has 18 heavy (non-hydrogen) atoms. The molecule has 6 nitrogen and oxygen atoms in total. The average Bonchev–Trinajstić information content (AvgIpc) is 2.32. The average molecular weight is 290 g/mol. The van der Waals surface area contributed by atoms with Crippen molar-refractivity contribution in [3.63, 3.8) is 0 Å². The standard InChI is InChI=1S/C10H18N4O2S2/c1-18(15,16)14-7-9-17-8-3-6-13-10-11-4-2-5-12-10/h2,4-5,14H,3,6-9H2,1H3,(H,11,12,13). The van der Waals surface area contributed by atoms with Crippen molar-refractivity contribution in [3.05, 3.63) is 18.5 Å². The second-order valence-electron chi connectivity index (χ2n) is 3.63. The normalized spacial score (nSPS) is 11.4. The first kappa shape index (κ1) is 15.2. The van der Waals surface area contributed by atoms with Gasteiger partial charge in [0.25, 0.3) is 0 Å². The highest BCUT2D eigenvalue weighted by Crippen LogP contribution is 2.02. The molecule has 2 N–H and O–H groups in total. The Bertz CT molecular complexity index is 425. The summed E-state index contributed by atoms with van der Waals surface area (Å²) in [5.74, 6) is 2.40. The Balaban J connectivity index is 1.93. The van der Waals surface area contributed by atoms with E-state index in [4.69, 9.17) is 0 Å². The Morgan fingerprint density at radius 1 is 1.22 bits per heavy atom. The first-order chi connectivity index (χ1) is 8.58. The Labute approximate surface area is 112 Å². The van der Waals surface area contributed by atoms with Gasteiger partial charge in [0.05, 0.1) is 6.26 Å². The predicted octanol–water partition coefficient (Wildman–Crippen LogP) is 0.561. The summed E-state index contributed by atoms with van der Waals surface area (Å²) >= 11 is 1.72. The van der Waals surface area contributed by atoms with Gasteiger partial charge in [-0.1, -0.05) is 0 Å². The zero-order valence-electron chi connectivity index (χ0n) is 10.3. The fourth-order valence-corrected chi connectivity index (χ4v) is 2.57. The molecule has 0 aliphatic rings. The molecule has 0 aliphatic carbocycles. The quantitative estimate of drug-likeness (QED) is 0.647.